The number of nitrogens with one attached hydrogen (secondary N) is 1. The van der Waals surface area contributed by atoms with E-state index in [2.05, 4.69) is 5.32 Å². The molecule has 0 saturated heterocycles. The third-order valence-corrected chi connectivity index (χ3v) is 3.13. The van der Waals surface area contributed by atoms with Gasteiger partial charge in [0.25, 0.3) is 5.91 Å². The van der Waals surface area contributed by atoms with Crippen LogP contribution in [0.2, 0.25) is 10.0 Å². The van der Waals surface area contributed by atoms with E-state index in [1.165, 1.54) is 12.1 Å². The fourth-order valence-electron chi connectivity index (χ4n) is 1.39. The Morgan fingerprint density at radius 1 is 1.50 bits per heavy atom. The monoisotopic (exact) mass is 285 g/mol. The summed E-state index contributed by atoms with van der Waals surface area (Å²) in [5.41, 5.74) is 6.17. The number of carbonyl (C=O) groups excluding carboxylic acids is 1. The van der Waals surface area contributed by atoms with Crippen molar-refractivity contribution in [1.82, 2.24) is 5.32 Å². The molecule has 1 aromatic rings. The predicted molar refractivity (Wildman–Crippen MR) is 72.6 cm³/mol. The number of rotatable bonds is 4. The van der Waals surface area contributed by atoms with Crippen LogP contribution in [0.15, 0.2) is 12.1 Å². The van der Waals surface area contributed by atoms with Gasteiger partial charge in [-0.05, 0) is 18.6 Å². The van der Waals surface area contributed by atoms with Gasteiger partial charge >= 0.3 is 0 Å². The quantitative estimate of drug-likeness (QED) is 0.835. The highest BCUT2D eigenvalue weighted by Gasteiger charge is 2.14. The topological polar surface area (TPSA) is 78.9 Å². The number of carbonyl (C=O) groups is 1. The number of benzene rings is 1. The molecule has 1 amide bonds. The third-order valence-electron chi connectivity index (χ3n) is 2.51. The lowest BCUT2D eigenvalue weighted by Gasteiger charge is -2.14. The molecule has 0 fully saturated rings. The maximum absolute atomic E-state index is 11.9. The van der Waals surface area contributed by atoms with Crippen LogP contribution in [0.25, 0.3) is 0 Å². The van der Waals surface area contributed by atoms with E-state index < -0.39 is 0 Å². The van der Waals surface area contributed by atoms with Gasteiger partial charge in [0.1, 0.15) is 0 Å². The number of nitrogens with two attached hydrogens (primary N) is 1. The summed E-state index contributed by atoms with van der Waals surface area (Å²) in [5, 5.41) is 11.8. The van der Waals surface area contributed by atoms with Gasteiger partial charge in [-0.25, -0.2) is 0 Å². The zero-order valence-corrected chi connectivity index (χ0v) is 11.3. The minimum atomic E-state index is -0.319. The van der Waals surface area contributed by atoms with Crippen molar-refractivity contribution in [3.8, 4) is 6.07 Å². The van der Waals surface area contributed by atoms with Crippen molar-refractivity contribution in [3.63, 3.8) is 0 Å². The van der Waals surface area contributed by atoms with Crippen LogP contribution in [0.4, 0.5) is 5.69 Å². The number of halogens is 2. The summed E-state index contributed by atoms with van der Waals surface area (Å²) in [6.07, 6.45) is 0.939. The summed E-state index contributed by atoms with van der Waals surface area (Å²) >= 11 is 11.7. The molecule has 0 spiro atoms. The van der Waals surface area contributed by atoms with Gasteiger partial charge in [0.15, 0.2) is 0 Å². The van der Waals surface area contributed by atoms with Gasteiger partial charge in [0.05, 0.1) is 28.2 Å². The molecule has 0 aliphatic heterocycles. The smallest absolute Gasteiger partial charge is 0.251 e. The first-order valence-corrected chi connectivity index (χ1v) is 6.17. The summed E-state index contributed by atoms with van der Waals surface area (Å²) in [4.78, 5) is 11.9. The highest BCUT2D eigenvalue weighted by atomic mass is 35.5. The Morgan fingerprint density at radius 2 is 2.06 bits per heavy atom. The lowest BCUT2D eigenvalue weighted by atomic mass is 10.1. The van der Waals surface area contributed by atoms with Crippen LogP contribution >= 0.6 is 23.2 Å². The average molecular weight is 286 g/mol. The molecule has 0 heterocycles. The van der Waals surface area contributed by atoms with Crippen LogP contribution in [-0.2, 0) is 0 Å². The van der Waals surface area contributed by atoms with E-state index in [1.807, 2.05) is 13.0 Å². The Kier molecular flexibility index (Phi) is 5.26. The van der Waals surface area contributed by atoms with Gasteiger partial charge in [-0.2, -0.15) is 5.26 Å². The van der Waals surface area contributed by atoms with Gasteiger partial charge < -0.3 is 11.1 Å². The number of anilines is 1. The minimum absolute atomic E-state index is 0.183. The molecule has 1 aromatic carbocycles. The standard InChI is InChI=1S/C12H13Cl2N3O/c1-2-8(3-4-15)17-12(18)7-5-9(13)11(16)10(14)6-7/h5-6,8H,2-3,16H2,1H3,(H,17,18). The first kappa shape index (κ1) is 14.6. The number of nitrogens with zero attached hydrogens (tertiary/aromatic N) is 1. The Morgan fingerprint density at radius 3 is 2.50 bits per heavy atom. The number of nitriles is 1. The summed E-state index contributed by atoms with van der Waals surface area (Å²) in [6, 6.07) is 4.75. The summed E-state index contributed by atoms with van der Waals surface area (Å²) < 4.78 is 0. The molecule has 4 nitrogen and oxygen atoms in total. The SMILES string of the molecule is CCC(CC#N)NC(=O)c1cc(Cl)c(N)c(Cl)c1. The number of hydrogen-bond donors (Lipinski definition) is 2. The zero-order chi connectivity index (χ0) is 13.7. The van der Waals surface area contributed by atoms with Crippen molar-refractivity contribution in [2.75, 3.05) is 5.73 Å². The van der Waals surface area contributed by atoms with E-state index >= 15 is 0 Å². The fourth-order valence-corrected chi connectivity index (χ4v) is 1.88. The molecular formula is C12H13Cl2N3O. The Bertz CT molecular complexity index is 474. The molecular weight excluding hydrogens is 273 g/mol. The van der Waals surface area contributed by atoms with Gasteiger partial charge in [0, 0.05) is 11.6 Å². The van der Waals surface area contributed by atoms with Crippen LogP contribution in [0.3, 0.4) is 0 Å². The second-order valence-electron chi connectivity index (χ2n) is 3.79. The molecule has 3 N–H and O–H groups in total. The van der Waals surface area contributed by atoms with Gasteiger partial charge in [-0.3, -0.25) is 4.79 Å². The molecule has 6 heteroatoms. The van der Waals surface area contributed by atoms with Crippen molar-refractivity contribution < 1.29 is 4.79 Å². The van der Waals surface area contributed by atoms with Crippen molar-refractivity contribution in [2.45, 2.75) is 25.8 Å². The molecule has 0 aromatic heterocycles. The molecule has 1 rings (SSSR count). The molecule has 0 aliphatic carbocycles. The first-order valence-electron chi connectivity index (χ1n) is 5.41. The van der Waals surface area contributed by atoms with Crippen LogP contribution in [0.1, 0.15) is 30.1 Å². The molecule has 1 atom stereocenters. The lowest BCUT2D eigenvalue weighted by Crippen LogP contribution is -2.34. The third kappa shape index (κ3) is 3.52. The molecule has 18 heavy (non-hydrogen) atoms. The van der Waals surface area contributed by atoms with Crippen molar-refractivity contribution >= 4 is 34.8 Å². The maximum Gasteiger partial charge on any atom is 0.251 e. The molecule has 0 saturated carbocycles. The highest BCUT2D eigenvalue weighted by molar-refractivity contribution is 6.39. The zero-order valence-electron chi connectivity index (χ0n) is 9.84. The van der Waals surface area contributed by atoms with E-state index in [0.717, 1.165) is 0 Å². The van der Waals surface area contributed by atoms with Crippen LogP contribution in [0, 0.1) is 11.3 Å². The lowest BCUT2D eigenvalue weighted by molar-refractivity contribution is 0.0936. The van der Waals surface area contributed by atoms with Crippen molar-refractivity contribution in [2.24, 2.45) is 0 Å². The molecule has 0 radical (unpaired) electrons. The number of nitrogen functional groups attached to an aromatic ring is 1. The molecule has 0 aliphatic rings. The van der Waals surface area contributed by atoms with E-state index in [-0.39, 0.29) is 34.1 Å². The van der Waals surface area contributed by atoms with Crippen LogP contribution in [-0.4, -0.2) is 11.9 Å². The predicted octanol–water partition coefficient (Wildman–Crippen LogP) is 3.00. The summed E-state index contributed by atoms with van der Waals surface area (Å²) in [7, 11) is 0. The maximum atomic E-state index is 11.9. The van der Waals surface area contributed by atoms with E-state index in [1.54, 1.807) is 0 Å². The normalized spacial score (nSPS) is 11.7. The van der Waals surface area contributed by atoms with Gasteiger partial charge in [0.2, 0.25) is 0 Å². The molecule has 0 bridgehead atoms. The Balaban J connectivity index is 2.88. The largest absolute Gasteiger partial charge is 0.396 e. The van der Waals surface area contributed by atoms with E-state index in [0.29, 0.717) is 12.0 Å². The Hall–Kier alpha value is -1.44. The Labute approximate surface area is 116 Å². The molecule has 96 valence electrons. The van der Waals surface area contributed by atoms with Gasteiger partial charge in [-0.1, -0.05) is 30.1 Å². The fraction of sp³-hybridized carbons (Fsp3) is 0.333. The summed E-state index contributed by atoms with van der Waals surface area (Å²) in [6.45, 7) is 1.89. The average Bonchev–Trinajstić information content (AvgIpc) is 2.34. The second-order valence-corrected chi connectivity index (χ2v) is 4.61. The van der Waals surface area contributed by atoms with Crippen molar-refractivity contribution in [3.05, 3.63) is 27.7 Å². The van der Waals surface area contributed by atoms with Crippen LogP contribution in [0.5, 0.6) is 0 Å². The molecule has 1 unspecified atom stereocenters. The first-order chi connectivity index (χ1) is 8.49. The number of amides is 1. The van der Waals surface area contributed by atoms with E-state index in [4.69, 9.17) is 34.2 Å². The number of hydrogen-bond acceptors (Lipinski definition) is 3. The minimum Gasteiger partial charge on any atom is -0.396 e. The van der Waals surface area contributed by atoms with E-state index in [9.17, 15) is 4.79 Å². The van der Waals surface area contributed by atoms with Crippen LogP contribution < -0.4 is 11.1 Å². The summed E-state index contributed by atoms with van der Waals surface area (Å²) in [5.74, 6) is -0.319. The second kappa shape index (κ2) is 6.48. The van der Waals surface area contributed by atoms with Crippen molar-refractivity contribution in [1.29, 1.82) is 5.26 Å². The highest BCUT2D eigenvalue weighted by Crippen LogP contribution is 2.28. The van der Waals surface area contributed by atoms with Gasteiger partial charge in [-0.15, -0.1) is 0 Å².